The van der Waals surface area contributed by atoms with Gasteiger partial charge in [-0.25, -0.2) is 9.48 Å². The zero-order valence-corrected chi connectivity index (χ0v) is 19.5. The van der Waals surface area contributed by atoms with Gasteiger partial charge in [0.25, 0.3) is 0 Å². The van der Waals surface area contributed by atoms with Crippen LogP contribution in [0.25, 0.3) is 0 Å². The molecular formula is C27H39N2+. The smallest absolute Gasteiger partial charge is 0.229 e. The molecule has 2 nitrogen and oxygen atoms in total. The lowest BCUT2D eigenvalue weighted by Crippen LogP contribution is -2.43. The van der Waals surface area contributed by atoms with Crippen LogP contribution < -0.4 is 4.90 Å². The highest BCUT2D eigenvalue weighted by molar-refractivity contribution is 5.83. The first-order valence-corrected chi connectivity index (χ1v) is 11.5. The lowest BCUT2D eigenvalue weighted by Gasteiger charge is -2.31. The van der Waals surface area contributed by atoms with Crippen LogP contribution in [0.5, 0.6) is 0 Å². The Hall–Kier alpha value is -2.09. The molecule has 1 atom stereocenters. The maximum atomic E-state index is 2.60. The zero-order chi connectivity index (χ0) is 21.2. The third-order valence-electron chi connectivity index (χ3n) is 6.44. The summed E-state index contributed by atoms with van der Waals surface area (Å²) in [4.78, 5) is 2.60. The molecule has 2 aromatic rings. The molecule has 156 valence electrons. The fourth-order valence-corrected chi connectivity index (χ4v) is 4.74. The van der Waals surface area contributed by atoms with Crippen molar-refractivity contribution in [2.45, 2.75) is 80.2 Å². The average molecular weight is 392 g/mol. The molecule has 0 saturated heterocycles. The van der Waals surface area contributed by atoms with E-state index in [1.54, 1.807) is 0 Å². The van der Waals surface area contributed by atoms with Crippen molar-refractivity contribution in [3.63, 3.8) is 0 Å². The van der Waals surface area contributed by atoms with E-state index in [0.717, 1.165) is 32.2 Å². The fraction of sp³-hybridized carbons (Fsp3) is 0.519. The first kappa shape index (κ1) is 21.6. The van der Waals surface area contributed by atoms with Crippen molar-refractivity contribution < 1.29 is 4.58 Å². The van der Waals surface area contributed by atoms with Crippen LogP contribution in [0.1, 0.15) is 70.7 Å². The highest BCUT2D eigenvalue weighted by atomic mass is 15.3. The molecule has 3 rings (SSSR count). The van der Waals surface area contributed by atoms with Gasteiger partial charge in [0, 0.05) is 5.41 Å². The molecule has 0 aromatic heterocycles. The maximum Gasteiger partial charge on any atom is 0.245 e. The van der Waals surface area contributed by atoms with E-state index in [0.29, 0.717) is 6.04 Å². The number of hydrogen-bond donors (Lipinski definition) is 0. The van der Waals surface area contributed by atoms with E-state index < -0.39 is 0 Å². The number of benzene rings is 2. The lowest BCUT2D eigenvalue weighted by atomic mass is 9.85. The minimum absolute atomic E-state index is 0.185. The van der Waals surface area contributed by atoms with Crippen LogP contribution in [0, 0.1) is 5.41 Å². The van der Waals surface area contributed by atoms with E-state index >= 15 is 0 Å². The number of aryl methyl sites for hydroxylation is 4. The second-order valence-corrected chi connectivity index (χ2v) is 9.32. The summed E-state index contributed by atoms with van der Waals surface area (Å²) in [5.41, 5.74) is 8.87. The molecule has 0 aliphatic carbocycles. The van der Waals surface area contributed by atoms with E-state index in [-0.39, 0.29) is 5.41 Å². The summed E-state index contributed by atoms with van der Waals surface area (Å²) >= 11 is 0. The molecular weight excluding hydrogens is 352 g/mol. The standard InChI is InChI=1S/C27H39N2/c1-8-20-14-12-15-21(9-2)25(20)28-18-24(27(5,6)7)29(19-28)26-22(10-3)16-13-17-23(26)11-4/h12-17,19,24H,8-11,18H2,1-7H3/q+1. The molecule has 1 aliphatic rings. The molecule has 2 aromatic carbocycles. The van der Waals surface area contributed by atoms with Gasteiger partial charge in [-0.2, -0.15) is 0 Å². The minimum atomic E-state index is 0.185. The van der Waals surface area contributed by atoms with Crippen LogP contribution in [0.2, 0.25) is 0 Å². The van der Waals surface area contributed by atoms with Gasteiger partial charge in [0.2, 0.25) is 6.34 Å². The third kappa shape index (κ3) is 4.13. The maximum absolute atomic E-state index is 2.60. The van der Waals surface area contributed by atoms with Crippen LogP contribution >= 0.6 is 0 Å². The monoisotopic (exact) mass is 391 g/mol. The molecule has 1 aliphatic heterocycles. The predicted octanol–water partition coefficient (Wildman–Crippen LogP) is 6.54. The minimum Gasteiger partial charge on any atom is -0.229 e. The van der Waals surface area contributed by atoms with Crippen molar-refractivity contribution in [1.29, 1.82) is 0 Å². The molecule has 0 fully saturated rings. The van der Waals surface area contributed by atoms with E-state index in [1.807, 2.05) is 0 Å². The van der Waals surface area contributed by atoms with Crippen molar-refractivity contribution in [3.05, 3.63) is 58.7 Å². The Morgan fingerprint density at radius 1 is 0.793 bits per heavy atom. The Labute approximate surface area is 178 Å². The van der Waals surface area contributed by atoms with Crippen molar-refractivity contribution >= 4 is 17.7 Å². The summed E-state index contributed by atoms with van der Waals surface area (Å²) in [5.74, 6) is 0. The lowest BCUT2D eigenvalue weighted by molar-refractivity contribution is -0.432. The van der Waals surface area contributed by atoms with Crippen LogP contribution in [0.15, 0.2) is 36.4 Å². The second kappa shape index (κ2) is 8.73. The van der Waals surface area contributed by atoms with Gasteiger partial charge in [0.05, 0.1) is 0 Å². The van der Waals surface area contributed by atoms with Gasteiger partial charge in [0.15, 0.2) is 0 Å². The van der Waals surface area contributed by atoms with Crippen molar-refractivity contribution in [1.82, 2.24) is 0 Å². The van der Waals surface area contributed by atoms with Gasteiger partial charge in [-0.15, -0.1) is 0 Å². The molecule has 29 heavy (non-hydrogen) atoms. The van der Waals surface area contributed by atoms with E-state index in [2.05, 4.69) is 101 Å². The van der Waals surface area contributed by atoms with Crippen molar-refractivity contribution in [3.8, 4) is 0 Å². The molecule has 1 heterocycles. The Balaban J connectivity index is 2.21. The van der Waals surface area contributed by atoms with Crippen LogP contribution in [0.3, 0.4) is 0 Å². The Kier molecular flexibility index (Phi) is 6.51. The van der Waals surface area contributed by atoms with Crippen molar-refractivity contribution in [2.24, 2.45) is 5.41 Å². The van der Waals surface area contributed by atoms with E-state index in [1.165, 1.54) is 33.6 Å². The molecule has 0 N–H and O–H groups in total. The van der Waals surface area contributed by atoms with Crippen LogP contribution in [-0.4, -0.2) is 23.5 Å². The largest absolute Gasteiger partial charge is 0.245 e. The van der Waals surface area contributed by atoms with Crippen LogP contribution in [-0.2, 0) is 25.7 Å². The van der Waals surface area contributed by atoms with Gasteiger partial charge < -0.3 is 0 Å². The highest BCUT2D eigenvalue weighted by Gasteiger charge is 2.44. The Bertz CT molecular complexity index is 841. The Morgan fingerprint density at radius 3 is 1.66 bits per heavy atom. The second-order valence-electron chi connectivity index (χ2n) is 9.32. The van der Waals surface area contributed by atoms with E-state index in [4.69, 9.17) is 0 Å². The van der Waals surface area contributed by atoms with Crippen LogP contribution in [0.4, 0.5) is 11.4 Å². The normalized spacial score (nSPS) is 17.0. The fourth-order valence-electron chi connectivity index (χ4n) is 4.74. The molecule has 2 heteroatoms. The zero-order valence-electron chi connectivity index (χ0n) is 19.5. The first-order chi connectivity index (χ1) is 13.8. The number of hydrogen-bond acceptors (Lipinski definition) is 1. The predicted molar refractivity (Wildman–Crippen MR) is 127 cm³/mol. The number of anilines is 1. The first-order valence-electron chi connectivity index (χ1n) is 11.5. The van der Waals surface area contributed by atoms with Gasteiger partial charge in [0.1, 0.15) is 24.0 Å². The van der Waals surface area contributed by atoms with Crippen molar-refractivity contribution in [2.75, 3.05) is 11.4 Å². The number of nitrogens with zero attached hydrogens (tertiary/aromatic N) is 2. The summed E-state index contributed by atoms with van der Waals surface area (Å²) in [7, 11) is 0. The summed E-state index contributed by atoms with van der Waals surface area (Å²) in [5, 5.41) is 0. The van der Waals surface area contributed by atoms with Gasteiger partial charge in [-0.3, -0.25) is 0 Å². The summed E-state index contributed by atoms with van der Waals surface area (Å²) < 4.78 is 2.54. The molecule has 0 saturated carbocycles. The molecule has 0 radical (unpaired) electrons. The SMILES string of the molecule is CCc1cccc(CC)c1N1C=[N+](c2c(CC)cccc2CC)CC1C(C)(C)C. The van der Waals surface area contributed by atoms with E-state index in [9.17, 15) is 0 Å². The summed E-state index contributed by atoms with van der Waals surface area (Å²) in [6, 6.07) is 14.1. The van der Waals surface area contributed by atoms with Gasteiger partial charge in [-0.05, 0) is 47.9 Å². The number of para-hydroxylation sites is 2. The Morgan fingerprint density at radius 2 is 1.24 bits per heavy atom. The molecule has 0 spiro atoms. The molecule has 0 bridgehead atoms. The third-order valence-corrected chi connectivity index (χ3v) is 6.44. The topological polar surface area (TPSA) is 6.25 Å². The highest BCUT2D eigenvalue weighted by Crippen LogP contribution is 2.38. The van der Waals surface area contributed by atoms with Gasteiger partial charge >= 0.3 is 0 Å². The summed E-state index contributed by atoms with van der Waals surface area (Å²) in [6.07, 6.45) is 6.68. The average Bonchev–Trinajstić information content (AvgIpc) is 3.17. The molecule has 1 unspecified atom stereocenters. The summed E-state index contributed by atoms with van der Waals surface area (Å²) in [6.45, 7) is 17.3. The number of rotatable bonds is 6. The quantitative estimate of drug-likeness (QED) is 0.506. The molecule has 0 amide bonds. The van der Waals surface area contributed by atoms with Gasteiger partial charge in [-0.1, -0.05) is 84.9 Å².